The van der Waals surface area contributed by atoms with Crippen molar-refractivity contribution in [3.8, 4) is 0 Å². The molecule has 2 rings (SSSR count). The molecule has 132 valence electrons. The molecular weight excluding hydrogens is 340 g/mol. The first-order valence-electron chi connectivity index (χ1n) is 7.87. The Hall–Kier alpha value is -2.44. The molecular formula is C18H21ClN4O2. The van der Waals surface area contributed by atoms with Crippen LogP contribution in [0.5, 0.6) is 0 Å². The molecule has 0 saturated heterocycles. The number of benzene rings is 1. The van der Waals surface area contributed by atoms with Gasteiger partial charge < -0.3 is 15.5 Å². The summed E-state index contributed by atoms with van der Waals surface area (Å²) in [4.78, 5) is 30.3. The maximum atomic E-state index is 12.2. The smallest absolute Gasteiger partial charge is 0.270 e. The van der Waals surface area contributed by atoms with Gasteiger partial charge in [-0.2, -0.15) is 0 Å². The van der Waals surface area contributed by atoms with Gasteiger partial charge in [-0.05, 0) is 43.9 Å². The van der Waals surface area contributed by atoms with E-state index in [0.717, 1.165) is 12.1 Å². The van der Waals surface area contributed by atoms with Crippen LogP contribution < -0.4 is 10.6 Å². The van der Waals surface area contributed by atoms with E-state index in [0.29, 0.717) is 23.7 Å². The summed E-state index contributed by atoms with van der Waals surface area (Å²) in [7, 11) is 3.86. The number of rotatable bonds is 7. The van der Waals surface area contributed by atoms with Crippen LogP contribution in [0.2, 0.25) is 5.02 Å². The molecule has 6 nitrogen and oxygen atoms in total. The lowest BCUT2D eigenvalue weighted by molar-refractivity contribution is 0.0946. The molecule has 1 aromatic carbocycles. The van der Waals surface area contributed by atoms with Crippen LogP contribution in [0.4, 0.5) is 0 Å². The van der Waals surface area contributed by atoms with Crippen molar-refractivity contribution in [2.75, 3.05) is 27.2 Å². The number of hydrogen-bond donors (Lipinski definition) is 2. The second kappa shape index (κ2) is 9.15. The molecule has 0 aliphatic rings. The van der Waals surface area contributed by atoms with Gasteiger partial charge in [-0.25, -0.2) is 0 Å². The van der Waals surface area contributed by atoms with Crippen molar-refractivity contribution in [1.29, 1.82) is 0 Å². The van der Waals surface area contributed by atoms with Gasteiger partial charge in [0, 0.05) is 36.4 Å². The third-order valence-electron chi connectivity index (χ3n) is 3.47. The maximum absolute atomic E-state index is 12.2. The molecule has 0 atom stereocenters. The number of hydrogen-bond acceptors (Lipinski definition) is 4. The summed E-state index contributed by atoms with van der Waals surface area (Å²) in [6.45, 7) is 1.63. The Morgan fingerprint density at radius 2 is 1.80 bits per heavy atom. The minimum Gasteiger partial charge on any atom is -0.351 e. The number of likely N-dealkylation sites (N-methyl/N-ethyl adjacent to an activating group) is 1. The number of pyridine rings is 1. The van der Waals surface area contributed by atoms with E-state index < -0.39 is 0 Å². The van der Waals surface area contributed by atoms with Crippen molar-refractivity contribution in [1.82, 2.24) is 20.5 Å². The Balaban J connectivity index is 1.93. The van der Waals surface area contributed by atoms with Gasteiger partial charge in [0.1, 0.15) is 5.69 Å². The lowest BCUT2D eigenvalue weighted by Crippen LogP contribution is -2.31. The minimum atomic E-state index is -0.335. The molecule has 7 heteroatoms. The highest BCUT2D eigenvalue weighted by Crippen LogP contribution is 2.09. The molecule has 2 N–H and O–H groups in total. The van der Waals surface area contributed by atoms with Crippen LogP contribution in [-0.2, 0) is 6.54 Å². The topological polar surface area (TPSA) is 74.3 Å². The second-order valence-corrected chi connectivity index (χ2v) is 6.23. The van der Waals surface area contributed by atoms with E-state index in [1.807, 2.05) is 31.1 Å². The first-order chi connectivity index (χ1) is 12.0. The second-order valence-electron chi connectivity index (χ2n) is 5.80. The summed E-state index contributed by atoms with van der Waals surface area (Å²) in [5, 5.41) is 6.23. The van der Waals surface area contributed by atoms with Crippen molar-refractivity contribution in [2.45, 2.75) is 6.54 Å². The Morgan fingerprint density at radius 1 is 1.08 bits per heavy atom. The van der Waals surface area contributed by atoms with Gasteiger partial charge in [-0.3, -0.25) is 14.6 Å². The van der Waals surface area contributed by atoms with Crippen molar-refractivity contribution in [2.24, 2.45) is 0 Å². The molecule has 25 heavy (non-hydrogen) atoms. The van der Waals surface area contributed by atoms with Crippen LogP contribution in [0.25, 0.3) is 0 Å². The Kier molecular flexibility index (Phi) is 6.91. The van der Waals surface area contributed by atoms with Gasteiger partial charge in [0.15, 0.2) is 0 Å². The third kappa shape index (κ3) is 6.17. The summed E-state index contributed by atoms with van der Waals surface area (Å²) in [5.74, 6) is -0.561. The highest BCUT2D eigenvalue weighted by molar-refractivity contribution is 6.30. The molecule has 0 saturated carbocycles. The zero-order chi connectivity index (χ0) is 18.2. The Labute approximate surface area is 152 Å². The van der Waals surface area contributed by atoms with Gasteiger partial charge in [0.25, 0.3) is 11.8 Å². The predicted octanol–water partition coefficient (Wildman–Crippen LogP) is 1.96. The monoisotopic (exact) mass is 360 g/mol. The minimum absolute atomic E-state index is 0.203. The third-order valence-corrected chi connectivity index (χ3v) is 3.72. The van der Waals surface area contributed by atoms with Gasteiger partial charge in [-0.1, -0.05) is 23.7 Å². The number of carbonyl (C=O) groups excluding carboxylic acids is 2. The molecule has 1 heterocycles. The van der Waals surface area contributed by atoms with Gasteiger partial charge in [0.05, 0.1) is 0 Å². The molecule has 2 amide bonds. The maximum Gasteiger partial charge on any atom is 0.270 e. The van der Waals surface area contributed by atoms with Crippen molar-refractivity contribution >= 4 is 23.4 Å². The summed E-state index contributed by atoms with van der Waals surface area (Å²) in [5.41, 5.74) is 1.54. The molecule has 0 radical (unpaired) electrons. The lowest BCUT2D eigenvalue weighted by atomic mass is 10.2. The normalized spacial score (nSPS) is 10.6. The fourth-order valence-electron chi connectivity index (χ4n) is 2.07. The molecule has 0 spiro atoms. The number of carbonyl (C=O) groups is 2. The largest absolute Gasteiger partial charge is 0.351 e. The van der Waals surface area contributed by atoms with Gasteiger partial charge in [-0.15, -0.1) is 0 Å². The highest BCUT2D eigenvalue weighted by Gasteiger charge is 2.11. The molecule has 1 aromatic heterocycles. The van der Waals surface area contributed by atoms with Crippen LogP contribution in [0, 0.1) is 0 Å². The molecule has 0 aliphatic carbocycles. The molecule has 0 aliphatic heterocycles. The summed E-state index contributed by atoms with van der Waals surface area (Å²) >= 11 is 5.83. The first kappa shape index (κ1) is 18.9. The van der Waals surface area contributed by atoms with Crippen molar-refractivity contribution in [3.05, 3.63) is 64.4 Å². The predicted molar refractivity (Wildman–Crippen MR) is 97.7 cm³/mol. The highest BCUT2D eigenvalue weighted by atomic mass is 35.5. The van der Waals surface area contributed by atoms with E-state index in [1.165, 1.54) is 12.3 Å². The Morgan fingerprint density at radius 3 is 2.48 bits per heavy atom. The van der Waals surface area contributed by atoms with E-state index in [9.17, 15) is 9.59 Å². The van der Waals surface area contributed by atoms with E-state index in [-0.39, 0.29) is 17.5 Å². The molecule has 0 unspecified atom stereocenters. The van der Waals surface area contributed by atoms with Crippen molar-refractivity contribution < 1.29 is 9.59 Å². The van der Waals surface area contributed by atoms with Gasteiger partial charge >= 0.3 is 0 Å². The molecule has 0 fully saturated rings. The number of nitrogens with zero attached hydrogens (tertiary/aromatic N) is 2. The van der Waals surface area contributed by atoms with Crippen LogP contribution in [0.3, 0.4) is 0 Å². The summed E-state index contributed by atoms with van der Waals surface area (Å²) in [6.07, 6.45) is 1.46. The van der Waals surface area contributed by atoms with Gasteiger partial charge in [0.2, 0.25) is 0 Å². The average molecular weight is 361 g/mol. The van der Waals surface area contributed by atoms with E-state index >= 15 is 0 Å². The standard InChI is InChI=1S/C18H21ClN4O2/c1-23(2)10-9-21-17(24)14-7-8-20-16(11-14)18(25)22-12-13-3-5-15(19)6-4-13/h3-8,11H,9-10,12H2,1-2H3,(H,21,24)(H,22,25). The number of nitrogens with one attached hydrogen (secondary N) is 2. The SMILES string of the molecule is CN(C)CCNC(=O)c1ccnc(C(=O)NCc2ccc(Cl)cc2)c1. The van der Waals surface area contributed by atoms with E-state index in [4.69, 9.17) is 11.6 Å². The molecule has 2 aromatic rings. The number of aromatic nitrogens is 1. The number of amides is 2. The Bertz CT molecular complexity index is 732. The van der Waals surface area contributed by atoms with Crippen LogP contribution in [-0.4, -0.2) is 48.9 Å². The summed E-state index contributed by atoms with van der Waals surface area (Å²) in [6, 6.07) is 10.3. The average Bonchev–Trinajstić information content (AvgIpc) is 2.60. The van der Waals surface area contributed by atoms with E-state index in [1.54, 1.807) is 18.2 Å². The quantitative estimate of drug-likeness (QED) is 0.791. The van der Waals surface area contributed by atoms with Crippen LogP contribution >= 0.6 is 11.6 Å². The molecule has 0 bridgehead atoms. The van der Waals surface area contributed by atoms with Crippen molar-refractivity contribution in [3.63, 3.8) is 0 Å². The summed E-state index contributed by atoms with van der Waals surface area (Å²) < 4.78 is 0. The van der Waals surface area contributed by atoms with E-state index in [2.05, 4.69) is 15.6 Å². The van der Waals surface area contributed by atoms with Crippen LogP contribution in [0.1, 0.15) is 26.4 Å². The zero-order valence-electron chi connectivity index (χ0n) is 14.3. The fraction of sp³-hybridized carbons (Fsp3) is 0.278. The fourth-order valence-corrected chi connectivity index (χ4v) is 2.19. The van der Waals surface area contributed by atoms with Crippen LogP contribution in [0.15, 0.2) is 42.6 Å². The first-order valence-corrected chi connectivity index (χ1v) is 8.25. The number of halogens is 1. The zero-order valence-corrected chi connectivity index (χ0v) is 15.0. The lowest BCUT2D eigenvalue weighted by Gasteiger charge is -2.11.